The number of ether oxygens (including phenoxy) is 2. The predicted molar refractivity (Wildman–Crippen MR) is 123 cm³/mol. The summed E-state index contributed by atoms with van der Waals surface area (Å²) in [6.45, 7) is 1.09. The van der Waals surface area contributed by atoms with Gasteiger partial charge in [0, 0.05) is 23.9 Å². The molecule has 2 aromatic rings. The second-order valence-electron chi connectivity index (χ2n) is 7.93. The predicted octanol–water partition coefficient (Wildman–Crippen LogP) is 2.31. The quantitative estimate of drug-likeness (QED) is 0.364. The van der Waals surface area contributed by atoms with Crippen molar-refractivity contribution in [1.29, 1.82) is 0 Å². The van der Waals surface area contributed by atoms with Crippen molar-refractivity contribution in [2.24, 2.45) is 0 Å². The second kappa shape index (κ2) is 10.5. The highest BCUT2D eigenvalue weighted by molar-refractivity contribution is 7.89. The molecule has 1 aliphatic heterocycles. The molecule has 0 saturated heterocycles. The maximum absolute atomic E-state index is 12.5. The number of sulfonamides is 1. The lowest BCUT2D eigenvalue weighted by molar-refractivity contribution is -0.122. The maximum atomic E-state index is 12.5. The molecule has 3 N–H and O–H groups in total. The highest BCUT2D eigenvalue weighted by Gasteiger charge is 2.20. The van der Waals surface area contributed by atoms with Gasteiger partial charge in [0.15, 0.2) is 11.5 Å². The van der Waals surface area contributed by atoms with Crippen LogP contribution in [0.3, 0.4) is 0 Å². The van der Waals surface area contributed by atoms with Gasteiger partial charge in [-0.3, -0.25) is 20.4 Å². The van der Waals surface area contributed by atoms with Gasteiger partial charge in [-0.15, -0.1) is 11.3 Å². The van der Waals surface area contributed by atoms with Crippen LogP contribution in [0.4, 0.5) is 0 Å². The third-order valence-corrected chi connectivity index (χ3v) is 8.18. The molecule has 1 aromatic carbocycles. The fourth-order valence-corrected chi connectivity index (χ4v) is 6.00. The molecule has 4 rings (SSSR count). The first-order chi connectivity index (χ1) is 15.9. The Balaban J connectivity index is 1.11. The average Bonchev–Trinajstić information content (AvgIpc) is 3.42. The molecule has 11 heteroatoms. The van der Waals surface area contributed by atoms with E-state index in [2.05, 4.69) is 15.6 Å². The second-order valence-corrected chi connectivity index (χ2v) is 10.8. The summed E-state index contributed by atoms with van der Waals surface area (Å²) < 4.78 is 38.3. The van der Waals surface area contributed by atoms with Crippen molar-refractivity contribution >= 4 is 33.2 Å². The Kier molecular flexibility index (Phi) is 7.51. The molecule has 178 valence electrons. The van der Waals surface area contributed by atoms with Crippen molar-refractivity contribution in [2.75, 3.05) is 19.8 Å². The summed E-state index contributed by atoms with van der Waals surface area (Å²) in [5, 5.41) is 0. The van der Waals surface area contributed by atoms with Crippen molar-refractivity contribution in [3.63, 3.8) is 0 Å². The van der Waals surface area contributed by atoms with Crippen molar-refractivity contribution in [3.05, 3.63) is 39.6 Å². The molecule has 2 heterocycles. The number of rotatable bonds is 9. The topological polar surface area (TPSA) is 123 Å². The van der Waals surface area contributed by atoms with Gasteiger partial charge in [0.1, 0.15) is 13.2 Å². The molecule has 2 aliphatic rings. The number of hydrogen-bond acceptors (Lipinski definition) is 7. The van der Waals surface area contributed by atoms with Gasteiger partial charge in [-0.25, -0.2) is 13.1 Å². The minimum atomic E-state index is -3.65. The number of hydrogen-bond donors (Lipinski definition) is 3. The van der Waals surface area contributed by atoms with Crippen LogP contribution in [0, 0.1) is 0 Å². The van der Waals surface area contributed by atoms with E-state index in [1.807, 2.05) is 6.07 Å². The van der Waals surface area contributed by atoms with Crippen LogP contribution in [0.2, 0.25) is 0 Å². The molecule has 33 heavy (non-hydrogen) atoms. The lowest BCUT2D eigenvalue weighted by Crippen LogP contribution is -2.41. The molecule has 0 bridgehead atoms. The van der Waals surface area contributed by atoms with Crippen LogP contribution in [0.15, 0.2) is 29.2 Å². The van der Waals surface area contributed by atoms with E-state index >= 15 is 0 Å². The van der Waals surface area contributed by atoms with Crippen LogP contribution in [0.5, 0.6) is 11.5 Å². The van der Waals surface area contributed by atoms with Gasteiger partial charge in [-0.2, -0.15) is 0 Å². The zero-order valence-corrected chi connectivity index (χ0v) is 19.8. The van der Waals surface area contributed by atoms with Gasteiger partial charge in [0.25, 0.3) is 5.91 Å². The third-order valence-electron chi connectivity index (χ3n) is 5.48. The normalized spacial score (nSPS) is 14.5. The molecule has 9 nitrogen and oxygen atoms in total. The summed E-state index contributed by atoms with van der Waals surface area (Å²) in [5.41, 5.74) is 6.14. The van der Waals surface area contributed by atoms with Gasteiger partial charge in [0.2, 0.25) is 15.9 Å². The van der Waals surface area contributed by atoms with E-state index in [9.17, 15) is 18.0 Å². The molecule has 1 aromatic heterocycles. The van der Waals surface area contributed by atoms with Gasteiger partial charge in [-0.05, 0) is 55.9 Å². The van der Waals surface area contributed by atoms with Crippen LogP contribution < -0.4 is 25.0 Å². The Bertz CT molecular complexity index is 1110. The lowest BCUT2D eigenvalue weighted by Gasteiger charge is -2.18. The molecule has 0 radical (unpaired) electrons. The number of fused-ring (bicyclic) bond motifs is 2. The maximum Gasteiger partial charge on any atom is 0.279 e. The number of nitrogens with one attached hydrogen (secondary N) is 3. The molecule has 0 spiro atoms. The van der Waals surface area contributed by atoms with E-state index in [0.717, 1.165) is 19.3 Å². The Labute approximate surface area is 196 Å². The van der Waals surface area contributed by atoms with Crippen LogP contribution in [-0.2, 0) is 27.7 Å². The summed E-state index contributed by atoms with van der Waals surface area (Å²) in [7, 11) is -3.65. The van der Waals surface area contributed by atoms with Crippen LogP contribution in [0.25, 0.3) is 0 Å². The summed E-state index contributed by atoms with van der Waals surface area (Å²) in [6, 6.07) is 6.43. The number of benzene rings is 1. The summed E-state index contributed by atoms with van der Waals surface area (Å²) in [6.07, 6.45) is 5.26. The molecule has 0 atom stereocenters. The average molecular weight is 494 g/mol. The van der Waals surface area contributed by atoms with Gasteiger partial charge < -0.3 is 9.47 Å². The zero-order valence-electron chi connectivity index (χ0n) is 18.1. The van der Waals surface area contributed by atoms with Crippen molar-refractivity contribution < 1.29 is 27.5 Å². The molecule has 0 unspecified atom stereocenters. The van der Waals surface area contributed by atoms with Gasteiger partial charge in [0.05, 0.1) is 9.77 Å². The lowest BCUT2D eigenvalue weighted by atomic mass is 10.2. The minimum absolute atomic E-state index is 0.123. The fourth-order valence-electron chi connectivity index (χ4n) is 3.76. The molecule has 0 saturated carbocycles. The third kappa shape index (κ3) is 6.04. The standard InChI is InChI=1S/C22H27N3O6S2/c26-21(24-25-22(27)20-13-15-5-4-6-19(15)32-20)7-2-1-3-10-23-33(28,29)16-8-9-17-18(14-16)31-12-11-30-17/h8-9,13-14,23H,1-7,10-12H2,(H,24,26)(H,25,27). The SMILES string of the molecule is O=C(CCCCCNS(=O)(=O)c1ccc2c(c1)OCCO2)NNC(=O)c1cc2c(s1)CCC2. The van der Waals surface area contributed by atoms with Crippen molar-refractivity contribution in [3.8, 4) is 11.5 Å². The number of amides is 2. The van der Waals surface area contributed by atoms with E-state index in [0.29, 0.717) is 48.9 Å². The molecule has 1 aliphatic carbocycles. The summed E-state index contributed by atoms with van der Waals surface area (Å²) >= 11 is 1.48. The Morgan fingerprint density at radius 3 is 2.61 bits per heavy atom. The van der Waals surface area contributed by atoms with Crippen LogP contribution >= 0.6 is 11.3 Å². The smallest absolute Gasteiger partial charge is 0.279 e. The van der Waals surface area contributed by atoms with E-state index in [-0.39, 0.29) is 29.7 Å². The first-order valence-corrected chi connectivity index (χ1v) is 13.3. The van der Waals surface area contributed by atoms with Crippen LogP contribution in [0.1, 0.15) is 52.2 Å². The molecular formula is C22H27N3O6S2. The summed E-state index contributed by atoms with van der Waals surface area (Å²) in [4.78, 5) is 26.1. The fraction of sp³-hybridized carbons (Fsp3) is 0.455. The van der Waals surface area contributed by atoms with E-state index in [1.54, 1.807) is 6.07 Å². The number of unbranched alkanes of at least 4 members (excludes halogenated alkanes) is 2. The molecule has 2 amide bonds. The number of carbonyl (C=O) groups excluding carboxylic acids is 2. The van der Waals surface area contributed by atoms with E-state index in [1.165, 1.54) is 33.9 Å². The Hall–Kier alpha value is -2.63. The number of aryl methyl sites for hydroxylation is 2. The number of hydrazine groups is 1. The number of thiophene rings is 1. The Morgan fingerprint density at radius 1 is 0.970 bits per heavy atom. The number of carbonyl (C=O) groups is 2. The highest BCUT2D eigenvalue weighted by atomic mass is 32.2. The Morgan fingerprint density at radius 2 is 1.79 bits per heavy atom. The molecular weight excluding hydrogens is 466 g/mol. The highest BCUT2D eigenvalue weighted by Crippen LogP contribution is 2.32. The van der Waals surface area contributed by atoms with Crippen molar-refractivity contribution in [2.45, 2.75) is 49.8 Å². The van der Waals surface area contributed by atoms with Gasteiger partial charge >= 0.3 is 0 Å². The largest absolute Gasteiger partial charge is 0.486 e. The minimum Gasteiger partial charge on any atom is -0.486 e. The van der Waals surface area contributed by atoms with Gasteiger partial charge in [-0.1, -0.05) is 6.42 Å². The first kappa shape index (κ1) is 23.5. The monoisotopic (exact) mass is 493 g/mol. The molecule has 0 fully saturated rings. The van der Waals surface area contributed by atoms with Crippen LogP contribution in [-0.4, -0.2) is 40.0 Å². The van der Waals surface area contributed by atoms with E-state index in [4.69, 9.17) is 9.47 Å². The summed E-state index contributed by atoms with van der Waals surface area (Å²) in [5.74, 6) is 0.389. The van der Waals surface area contributed by atoms with E-state index < -0.39 is 10.0 Å². The zero-order chi connectivity index (χ0) is 23.3. The first-order valence-electron chi connectivity index (χ1n) is 11.0. The van der Waals surface area contributed by atoms with Crippen molar-refractivity contribution in [1.82, 2.24) is 15.6 Å².